The molecule has 0 saturated heterocycles. The smallest absolute Gasteiger partial charge is 0.307 e. The van der Waals surface area contributed by atoms with Crippen LogP contribution < -0.4 is 0 Å². The Morgan fingerprint density at radius 1 is 1.67 bits per heavy atom. The van der Waals surface area contributed by atoms with Crippen molar-refractivity contribution in [3.63, 3.8) is 0 Å². The van der Waals surface area contributed by atoms with E-state index in [1.165, 1.54) is 12.1 Å². The average Bonchev–Trinajstić information content (AvgIpc) is 2.78. The van der Waals surface area contributed by atoms with E-state index in [2.05, 4.69) is 0 Å². The fraction of sp³-hybridized carbons (Fsp3) is 0.364. The van der Waals surface area contributed by atoms with Crippen molar-refractivity contribution < 1.29 is 14.3 Å². The van der Waals surface area contributed by atoms with Gasteiger partial charge < -0.3 is 5.11 Å². The molecule has 2 atom stereocenters. The van der Waals surface area contributed by atoms with E-state index >= 15 is 0 Å². The predicted octanol–water partition coefficient (Wildman–Crippen LogP) is 2.84. The summed E-state index contributed by atoms with van der Waals surface area (Å²) in [7, 11) is 0. The van der Waals surface area contributed by atoms with E-state index in [1.54, 1.807) is 6.07 Å². The zero-order valence-corrected chi connectivity index (χ0v) is 8.88. The van der Waals surface area contributed by atoms with Gasteiger partial charge in [-0.3, -0.25) is 4.79 Å². The Morgan fingerprint density at radius 3 is 2.80 bits per heavy atom. The van der Waals surface area contributed by atoms with Crippen molar-refractivity contribution in [3.05, 3.63) is 34.6 Å². The van der Waals surface area contributed by atoms with Crippen molar-refractivity contribution in [2.45, 2.75) is 18.8 Å². The molecule has 4 heteroatoms. The molecule has 2 nitrogen and oxygen atoms in total. The highest BCUT2D eigenvalue weighted by Crippen LogP contribution is 2.55. The number of hydrogen-bond acceptors (Lipinski definition) is 1. The van der Waals surface area contributed by atoms with Gasteiger partial charge in [0.1, 0.15) is 5.82 Å². The minimum atomic E-state index is -0.821. The van der Waals surface area contributed by atoms with Crippen LogP contribution in [0, 0.1) is 11.7 Å². The van der Waals surface area contributed by atoms with Crippen LogP contribution in [-0.2, 0) is 10.2 Å². The SMILES string of the molecule is C[C@]1(c2ccc(F)cc2Cl)C[C@@H]1C(=O)O. The molecule has 80 valence electrons. The molecule has 0 unspecified atom stereocenters. The van der Waals surface area contributed by atoms with E-state index in [9.17, 15) is 9.18 Å². The number of halogens is 2. The minimum absolute atomic E-state index is 0.307. The summed E-state index contributed by atoms with van der Waals surface area (Å²) in [4.78, 5) is 10.8. The van der Waals surface area contributed by atoms with E-state index in [0.29, 0.717) is 11.4 Å². The van der Waals surface area contributed by atoms with Crippen LogP contribution in [0.25, 0.3) is 0 Å². The number of carbonyl (C=O) groups is 1. The molecule has 1 aromatic rings. The third-order valence-electron chi connectivity index (χ3n) is 3.08. The fourth-order valence-corrected chi connectivity index (χ4v) is 2.36. The minimum Gasteiger partial charge on any atom is -0.481 e. The van der Waals surface area contributed by atoms with Crippen LogP contribution in [0.15, 0.2) is 18.2 Å². The molecule has 0 bridgehead atoms. The standard InChI is InChI=1S/C11H10ClFO2/c1-11(5-8(11)10(14)15)7-3-2-6(13)4-9(7)12/h2-4,8H,5H2,1H3,(H,14,15)/t8-,11-/m1/s1. The zero-order chi connectivity index (χ0) is 11.2. The van der Waals surface area contributed by atoms with Gasteiger partial charge in [0.25, 0.3) is 0 Å². The number of hydrogen-bond donors (Lipinski definition) is 1. The molecule has 0 aromatic heterocycles. The van der Waals surface area contributed by atoms with E-state index in [4.69, 9.17) is 16.7 Å². The monoisotopic (exact) mass is 228 g/mol. The maximum absolute atomic E-state index is 12.8. The highest BCUT2D eigenvalue weighted by Gasteiger charge is 2.56. The summed E-state index contributed by atoms with van der Waals surface area (Å²) in [6.07, 6.45) is 0.563. The van der Waals surface area contributed by atoms with Crippen LogP contribution in [0.4, 0.5) is 4.39 Å². The molecule has 15 heavy (non-hydrogen) atoms. The molecular formula is C11H10ClFO2. The molecule has 0 amide bonds. The molecule has 0 aliphatic heterocycles. The van der Waals surface area contributed by atoms with E-state index in [-0.39, 0.29) is 0 Å². The number of benzene rings is 1. The molecule has 1 saturated carbocycles. The van der Waals surface area contributed by atoms with Crippen LogP contribution in [0.5, 0.6) is 0 Å². The molecule has 0 spiro atoms. The topological polar surface area (TPSA) is 37.3 Å². The summed E-state index contributed by atoms with van der Waals surface area (Å²) in [6.45, 7) is 1.84. The quantitative estimate of drug-likeness (QED) is 0.845. The highest BCUT2D eigenvalue weighted by molar-refractivity contribution is 6.31. The van der Waals surface area contributed by atoms with Gasteiger partial charge in [0.05, 0.1) is 5.92 Å². The van der Waals surface area contributed by atoms with Crippen LogP contribution in [-0.4, -0.2) is 11.1 Å². The number of rotatable bonds is 2. The second-order valence-electron chi connectivity index (χ2n) is 4.14. The zero-order valence-electron chi connectivity index (χ0n) is 8.13. The van der Waals surface area contributed by atoms with Gasteiger partial charge >= 0.3 is 5.97 Å². The maximum atomic E-state index is 12.8. The first-order chi connectivity index (χ1) is 6.95. The summed E-state index contributed by atoms with van der Waals surface area (Å²) < 4.78 is 12.8. The Balaban J connectivity index is 2.36. The first kappa shape index (κ1) is 10.4. The lowest BCUT2D eigenvalue weighted by molar-refractivity contribution is -0.138. The summed E-state index contributed by atoms with van der Waals surface area (Å²) >= 11 is 5.89. The molecule has 1 aromatic carbocycles. The van der Waals surface area contributed by atoms with Crippen molar-refractivity contribution >= 4 is 17.6 Å². The van der Waals surface area contributed by atoms with Crippen LogP contribution in [0.1, 0.15) is 18.9 Å². The van der Waals surface area contributed by atoms with Gasteiger partial charge in [-0.05, 0) is 24.1 Å². The van der Waals surface area contributed by atoms with Crippen molar-refractivity contribution in [3.8, 4) is 0 Å². The lowest BCUT2D eigenvalue weighted by Crippen LogP contribution is -2.11. The highest BCUT2D eigenvalue weighted by atomic mass is 35.5. The second kappa shape index (κ2) is 3.20. The third-order valence-corrected chi connectivity index (χ3v) is 3.39. The van der Waals surface area contributed by atoms with Crippen molar-refractivity contribution in [2.75, 3.05) is 0 Å². The number of aliphatic carboxylic acids is 1. The fourth-order valence-electron chi connectivity index (χ4n) is 1.98. The molecule has 0 heterocycles. The molecule has 1 fully saturated rings. The Bertz CT molecular complexity index is 433. The van der Waals surface area contributed by atoms with Gasteiger partial charge in [-0.15, -0.1) is 0 Å². The lowest BCUT2D eigenvalue weighted by atomic mass is 9.95. The molecule has 1 N–H and O–H groups in total. The van der Waals surface area contributed by atoms with E-state index in [0.717, 1.165) is 5.56 Å². The Labute approximate surface area is 91.7 Å². The van der Waals surface area contributed by atoms with Gasteiger partial charge in [-0.1, -0.05) is 24.6 Å². The van der Waals surface area contributed by atoms with Crippen molar-refractivity contribution in [1.29, 1.82) is 0 Å². The lowest BCUT2D eigenvalue weighted by Gasteiger charge is -2.12. The normalized spacial score (nSPS) is 28.9. The van der Waals surface area contributed by atoms with Gasteiger partial charge in [-0.2, -0.15) is 0 Å². The second-order valence-corrected chi connectivity index (χ2v) is 4.54. The predicted molar refractivity (Wildman–Crippen MR) is 54.5 cm³/mol. The van der Waals surface area contributed by atoms with Crippen LogP contribution in [0.3, 0.4) is 0 Å². The first-order valence-electron chi connectivity index (χ1n) is 4.63. The third kappa shape index (κ3) is 1.61. The number of carboxylic acid groups (broad SMARTS) is 1. The molecule has 1 aliphatic carbocycles. The largest absolute Gasteiger partial charge is 0.481 e. The summed E-state index contributed by atoms with van der Waals surface area (Å²) in [5.41, 5.74) is 0.286. The Morgan fingerprint density at radius 2 is 2.33 bits per heavy atom. The van der Waals surface area contributed by atoms with Gasteiger partial charge in [-0.25, -0.2) is 4.39 Å². The summed E-state index contributed by atoms with van der Waals surface area (Å²) in [6, 6.07) is 4.10. The average molecular weight is 229 g/mol. The molecular weight excluding hydrogens is 219 g/mol. The van der Waals surface area contributed by atoms with E-state index < -0.39 is 23.1 Å². The van der Waals surface area contributed by atoms with Gasteiger partial charge in [0, 0.05) is 10.4 Å². The van der Waals surface area contributed by atoms with Crippen molar-refractivity contribution in [2.24, 2.45) is 5.92 Å². The van der Waals surface area contributed by atoms with Crippen LogP contribution >= 0.6 is 11.6 Å². The molecule has 1 aliphatic rings. The molecule has 2 rings (SSSR count). The maximum Gasteiger partial charge on any atom is 0.307 e. The summed E-state index contributed by atoms with van der Waals surface area (Å²) in [5, 5.41) is 9.19. The van der Waals surface area contributed by atoms with E-state index in [1.807, 2.05) is 6.92 Å². The van der Waals surface area contributed by atoms with Gasteiger partial charge in [0.2, 0.25) is 0 Å². The van der Waals surface area contributed by atoms with Gasteiger partial charge in [0.15, 0.2) is 0 Å². The number of carboxylic acids is 1. The van der Waals surface area contributed by atoms with Crippen molar-refractivity contribution in [1.82, 2.24) is 0 Å². The Hall–Kier alpha value is -1.09. The molecule has 0 radical (unpaired) electrons. The Kier molecular flexibility index (Phi) is 2.23. The summed E-state index contributed by atoms with van der Waals surface area (Å²) in [5.74, 6) is -1.63. The first-order valence-corrected chi connectivity index (χ1v) is 5.01. The van der Waals surface area contributed by atoms with Crippen LogP contribution in [0.2, 0.25) is 5.02 Å².